The van der Waals surface area contributed by atoms with E-state index in [9.17, 15) is 10.0 Å². The third-order valence-corrected chi connectivity index (χ3v) is 3.98. The van der Waals surface area contributed by atoms with Crippen molar-refractivity contribution in [3.8, 4) is 22.6 Å². The number of hydroxylamine groups is 2. The lowest BCUT2D eigenvalue weighted by Gasteiger charge is -2.12. The van der Waals surface area contributed by atoms with Gasteiger partial charge in [-0.25, -0.2) is 5.06 Å². The second kappa shape index (κ2) is 7.19. The summed E-state index contributed by atoms with van der Waals surface area (Å²) in [6.45, 7) is 0.145. The summed E-state index contributed by atoms with van der Waals surface area (Å²) in [5.41, 5.74) is 3.64. The highest BCUT2D eigenvalue weighted by atomic mass is 16.5. The summed E-state index contributed by atoms with van der Waals surface area (Å²) < 4.78 is 10.7. The van der Waals surface area contributed by atoms with Crippen molar-refractivity contribution < 1.29 is 19.5 Å². The molecule has 1 heterocycles. The van der Waals surface area contributed by atoms with Crippen LogP contribution in [-0.4, -0.2) is 35.9 Å². The fraction of sp³-hybridized carbons (Fsp3) is 0.158. The molecule has 0 spiro atoms. The topological polar surface area (TPSA) is 71.9 Å². The molecule has 3 rings (SSSR count). The Morgan fingerprint density at radius 1 is 1.08 bits per heavy atom. The van der Waals surface area contributed by atoms with Crippen molar-refractivity contribution >= 4 is 17.3 Å². The van der Waals surface area contributed by atoms with E-state index in [1.165, 1.54) is 0 Å². The van der Waals surface area contributed by atoms with Gasteiger partial charge in [-0.2, -0.15) is 0 Å². The number of nitrogens with zero attached hydrogens (tertiary/aromatic N) is 2. The molecule has 6 nitrogen and oxygen atoms in total. The highest BCUT2D eigenvalue weighted by molar-refractivity contribution is 5.96. The quantitative estimate of drug-likeness (QED) is 0.424. The van der Waals surface area contributed by atoms with Crippen molar-refractivity contribution in [1.29, 1.82) is 0 Å². The molecule has 1 amide bonds. The summed E-state index contributed by atoms with van der Waals surface area (Å²) in [5.74, 6) is 1.27. The molecule has 0 saturated carbocycles. The molecule has 0 fully saturated rings. The zero-order valence-electron chi connectivity index (χ0n) is 14.0. The van der Waals surface area contributed by atoms with Crippen LogP contribution in [0.25, 0.3) is 22.0 Å². The first-order chi connectivity index (χ1) is 12.2. The molecule has 0 aliphatic rings. The predicted octanol–water partition coefficient (Wildman–Crippen LogP) is 3.27. The van der Waals surface area contributed by atoms with Crippen LogP contribution in [0.4, 0.5) is 0 Å². The summed E-state index contributed by atoms with van der Waals surface area (Å²) in [7, 11) is 3.19. The van der Waals surface area contributed by atoms with E-state index in [1.54, 1.807) is 20.4 Å². The highest BCUT2D eigenvalue weighted by Crippen LogP contribution is 2.36. The van der Waals surface area contributed by atoms with Gasteiger partial charge in [-0.15, -0.1) is 0 Å². The minimum atomic E-state index is 0.145. The molecule has 1 aromatic heterocycles. The van der Waals surface area contributed by atoms with Crippen LogP contribution in [-0.2, 0) is 11.3 Å². The number of pyridine rings is 1. The number of methoxy groups -OCH3 is 2. The molecule has 25 heavy (non-hydrogen) atoms. The van der Waals surface area contributed by atoms with Gasteiger partial charge in [-0.05, 0) is 28.8 Å². The first kappa shape index (κ1) is 16.7. The molecular formula is C19H18N2O4. The number of amides is 1. The molecule has 2 aromatic carbocycles. The molecule has 0 aliphatic carbocycles. The van der Waals surface area contributed by atoms with E-state index in [2.05, 4.69) is 4.98 Å². The molecule has 1 N–H and O–H groups in total. The summed E-state index contributed by atoms with van der Waals surface area (Å²) in [4.78, 5) is 14.9. The van der Waals surface area contributed by atoms with Gasteiger partial charge in [0, 0.05) is 17.6 Å². The Balaban J connectivity index is 2.04. The van der Waals surface area contributed by atoms with E-state index in [0.717, 1.165) is 27.6 Å². The van der Waals surface area contributed by atoms with Crippen molar-refractivity contribution in [2.75, 3.05) is 14.2 Å². The van der Waals surface area contributed by atoms with Crippen LogP contribution in [0.15, 0.2) is 48.7 Å². The molecule has 128 valence electrons. The smallest absolute Gasteiger partial charge is 0.233 e. The molecule has 0 saturated heterocycles. The third kappa shape index (κ3) is 3.39. The van der Waals surface area contributed by atoms with Gasteiger partial charge in [0.2, 0.25) is 6.41 Å². The van der Waals surface area contributed by atoms with Gasteiger partial charge in [0.1, 0.15) is 0 Å². The van der Waals surface area contributed by atoms with Gasteiger partial charge in [0.25, 0.3) is 0 Å². The third-order valence-electron chi connectivity index (χ3n) is 3.98. The lowest BCUT2D eigenvalue weighted by atomic mass is 10.00. The van der Waals surface area contributed by atoms with Crippen LogP contribution in [0, 0.1) is 0 Å². The molecule has 6 heteroatoms. The number of carbonyl (C=O) groups excluding carboxylic acids is 1. The average molecular weight is 338 g/mol. The van der Waals surface area contributed by atoms with E-state index in [0.29, 0.717) is 23.0 Å². The summed E-state index contributed by atoms with van der Waals surface area (Å²) >= 11 is 0. The summed E-state index contributed by atoms with van der Waals surface area (Å²) in [6.07, 6.45) is 2.13. The fourth-order valence-corrected chi connectivity index (χ4v) is 2.74. The van der Waals surface area contributed by atoms with E-state index in [-0.39, 0.29) is 6.54 Å². The van der Waals surface area contributed by atoms with E-state index in [1.807, 2.05) is 42.5 Å². The molecular weight excluding hydrogens is 320 g/mol. The first-order valence-corrected chi connectivity index (χ1v) is 7.67. The van der Waals surface area contributed by atoms with Crippen molar-refractivity contribution in [3.63, 3.8) is 0 Å². The van der Waals surface area contributed by atoms with Crippen LogP contribution < -0.4 is 9.47 Å². The Bertz CT molecular complexity index is 894. The van der Waals surface area contributed by atoms with Gasteiger partial charge >= 0.3 is 0 Å². The van der Waals surface area contributed by atoms with Gasteiger partial charge < -0.3 is 9.47 Å². The maximum absolute atomic E-state index is 10.5. The number of hydrogen-bond donors (Lipinski definition) is 1. The van der Waals surface area contributed by atoms with Crippen LogP contribution in [0.2, 0.25) is 0 Å². The molecule has 0 radical (unpaired) electrons. The molecule has 0 atom stereocenters. The fourth-order valence-electron chi connectivity index (χ4n) is 2.74. The highest BCUT2D eigenvalue weighted by Gasteiger charge is 2.11. The average Bonchev–Trinajstić information content (AvgIpc) is 2.66. The largest absolute Gasteiger partial charge is 0.493 e. The number of fused-ring (bicyclic) bond motifs is 1. The first-order valence-electron chi connectivity index (χ1n) is 7.67. The zero-order valence-corrected chi connectivity index (χ0v) is 14.0. The molecule has 0 unspecified atom stereocenters. The van der Waals surface area contributed by atoms with Crippen molar-refractivity contribution in [2.24, 2.45) is 0 Å². The van der Waals surface area contributed by atoms with E-state index in [4.69, 9.17) is 9.47 Å². The van der Waals surface area contributed by atoms with Crippen LogP contribution in [0.3, 0.4) is 0 Å². The van der Waals surface area contributed by atoms with Crippen molar-refractivity contribution in [3.05, 3.63) is 54.2 Å². The number of ether oxygens (including phenoxy) is 2. The minimum Gasteiger partial charge on any atom is -0.493 e. The summed E-state index contributed by atoms with van der Waals surface area (Å²) in [5, 5.41) is 10.8. The maximum Gasteiger partial charge on any atom is 0.233 e. The van der Waals surface area contributed by atoms with E-state index < -0.39 is 0 Å². The van der Waals surface area contributed by atoms with Crippen LogP contribution >= 0.6 is 0 Å². The Morgan fingerprint density at radius 3 is 2.40 bits per heavy atom. The second-order valence-electron chi connectivity index (χ2n) is 5.48. The van der Waals surface area contributed by atoms with Gasteiger partial charge in [-0.3, -0.25) is 15.0 Å². The monoisotopic (exact) mass is 338 g/mol. The molecule has 0 aliphatic heterocycles. The van der Waals surface area contributed by atoms with Crippen molar-refractivity contribution in [2.45, 2.75) is 6.54 Å². The zero-order chi connectivity index (χ0) is 17.8. The predicted molar refractivity (Wildman–Crippen MR) is 93.7 cm³/mol. The lowest BCUT2D eigenvalue weighted by molar-refractivity contribution is -0.152. The summed E-state index contributed by atoms with van der Waals surface area (Å²) in [6, 6.07) is 13.3. The Hall–Kier alpha value is -3.12. The Labute approximate surface area is 145 Å². The lowest BCUT2D eigenvalue weighted by Crippen LogP contribution is -2.15. The normalized spacial score (nSPS) is 10.5. The Kier molecular flexibility index (Phi) is 4.81. The SMILES string of the molecule is COc1cc2nccc(-c3ccc(CN(O)C=O)cc3)c2cc1OC. The Morgan fingerprint density at radius 2 is 1.76 bits per heavy atom. The number of carbonyl (C=O) groups is 1. The molecule has 0 bridgehead atoms. The van der Waals surface area contributed by atoms with Gasteiger partial charge in [0.15, 0.2) is 11.5 Å². The van der Waals surface area contributed by atoms with E-state index >= 15 is 0 Å². The van der Waals surface area contributed by atoms with Gasteiger partial charge in [-0.1, -0.05) is 24.3 Å². The van der Waals surface area contributed by atoms with Crippen LogP contribution in [0.1, 0.15) is 5.56 Å². The van der Waals surface area contributed by atoms with Gasteiger partial charge in [0.05, 0.1) is 26.3 Å². The standard InChI is InChI=1S/C19H18N2O4/c1-24-18-9-16-15(7-8-20-17(16)10-19(18)25-2)14-5-3-13(4-6-14)11-21(23)12-22/h3-10,12,23H,11H2,1-2H3. The number of hydrogen-bond acceptors (Lipinski definition) is 5. The maximum atomic E-state index is 10.5. The van der Waals surface area contributed by atoms with Crippen molar-refractivity contribution in [1.82, 2.24) is 10.0 Å². The van der Waals surface area contributed by atoms with Crippen LogP contribution in [0.5, 0.6) is 11.5 Å². The minimum absolute atomic E-state index is 0.145. The second-order valence-corrected chi connectivity index (χ2v) is 5.48. The number of aromatic nitrogens is 1. The molecule has 3 aromatic rings. The number of benzene rings is 2. The number of rotatable bonds is 6.